The van der Waals surface area contributed by atoms with Crippen LogP contribution in [0.1, 0.15) is 26.7 Å². The lowest BCUT2D eigenvalue weighted by molar-refractivity contribution is -0.942. The van der Waals surface area contributed by atoms with Gasteiger partial charge in [-0.2, -0.15) is 0 Å². The summed E-state index contributed by atoms with van der Waals surface area (Å²) in [4.78, 5) is 10.3. The van der Waals surface area contributed by atoms with Crippen molar-refractivity contribution < 1.29 is 19.1 Å². The Kier molecular flexibility index (Phi) is 6.49. The van der Waals surface area contributed by atoms with Gasteiger partial charge in [0.15, 0.2) is 6.73 Å². The molecule has 4 nitrogen and oxygen atoms in total. The first kappa shape index (κ1) is 13.4. The summed E-state index contributed by atoms with van der Waals surface area (Å²) in [5.74, 6) is -0.965. The maximum absolute atomic E-state index is 10.3. The first-order chi connectivity index (χ1) is 6.60. The molecule has 0 aliphatic carbocycles. The van der Waals surface area contributed by atoms with Crippen LogP contribution in [-0.4, -0.2) is 43.9 Å². The van der Waals surface area contributed by atoms with E-state index in [0.717, 1.165) is 24.1 Å². The van der Waals surface area contributed by atoms with Gasteiger partial charge >= 0.3 is 0 Å². The highest BCUT2D eigenvalue weighted by atomic mass is 16.5. The van der Waals surface area contributed by atoms with Gasteiger partial charge in [-0.1, -0.05) is 0 Å². The van der Waals surface area contributed by atoms with E-state index in [4.69, 9.17) is 4.74 Å². The van der Waals surface area contributed by atoms with Crippen LogP contribution in [0, 0.1) is 0 Å². The van der Waals surface area contributed by atoms with Crippen molar-refractivity contribution in [3.63, 3.8) is 0 Å². The quantitative estimate of drug-likeness (QED) is 0.411. The second-order valence-corrected chi connectivity index (χ2v) is 3.59. The lowest BCUT2D eigenvalue weighted by atomic mass is 10.2. The Bertz CT molecular complexity index is 167. The van der Waals surface area contributed by atoms with Gasteiger partial charge in [-0.05, 0) is 20.3 Å². The van der Waals surface area contributed by atoms with E-state index in [1.807, 2.05) is 0 Å². The molecule has 0 saturated carbocycles. The van der Waals surface area contributed by atoms with Crippen LogP contribution in [0.3, 0.4) is 0 Å². The summed E-state index contributed by atoms with van der Waals surface area (Å²) in [5, 5.41) is 10.3. The molecular formula is C10H21NO3. The fourth-order valence-electron chi connectivity index (χ4n) is 1.62. The fourth-order valence-corrected chi connectivity index (χ4v) is 1.62. The largest absolute Gasteiger partial charge is 0.550 e. The Hall–Kier alpha value is -0.610. The molecule has 0 aromatic rings. The van der Waals surface area contributed by atoms with E-state index in [0.29, 0.717) is 13.2 Å². The highest BCUT2D eigenvalue weighted by Gasteiger charge is 2.21. The lowest BCUT2D eigenvalue weighted by Crippen LogP contribution is -2.49. The Balaban J connectivity index is 4.00. The van der Waals surface area contributed by atoms with Crippen molar-refractivity contribution >= 4 is 5.97 Å². The Morgan fingerprint density at radius 3 is 2.29 bits per heavy atom. The van der Waals surface area contributed by atoms with Gasteiger partial charge in [-0.25, -0.2) is 0 Å². The van der Waals surface area contributed by atoms with Crippen LogP contribution in [0.2, 0.25) is 0 Å². The first-order valence-electron chi connectivity index (χ1n) is 5.14. The van der Waals surface area contributed by atoms with Crippen molar-refractivity contribution in [1.82, 2.24) is 0 Å². The Labute approximate surface area is 86.1 Å². The average Bonchev–Trinajstić information content (AvgIpc) is 2.16. The molecule has 14 heavy (non-hydrogen) atoms. The number of carboxylic acids is 1. The molecule has 0 fully saturated rings. The van der Waals surface area contributed by atoms with Gasteiger partial charge in [0.1, 0.15) is 0 Å². The SMILES string of the molecule is CC[N+](CC)(CCCC(=O)[O-])COC. The number of hydrogen-bond acceptors (Lipinski definition) is 3. The topological polar surface area (TPSA) is 49.4 Å². The molecule has 0 saturated heterocycles. The third-order valence-electron chi connectivity index (χ3n) is 2.76. The molecule has 0 aromatic carbocycles. The van der Waals surface area contributed by atoms with E-state index < -0.39 is 5.97 Å². The molecular weight excluding hydrogens is 182 g/mol. The van der Waals surface area contributed by atoms with Crippen LogP contribution in [0.4, 0.5) is 0 Å². The number of ether oxygens (including phenoxy) is 1. The zero-order valence-corrected chi connectivity index (χ0v) is 9.41. The van der Waals surface area contributed by atoms with Gasteiger partial charge in [-0.3, -0.25) is 0 Å². The van der Waals surface area contributed by atoms with Crippen molar-refractivity contribution in [2.45, 2.75) is 26.7 Å². The van der Waals surface area contributed by atoms with Gasteiger partial charge in [-0.15, -0.1) is 0 Å². The molecule has 0 N–H and O–H groups in total. The molecule has 0 radical (unpaired) electrons. The molecule has 0 unspecified atom stereocenters. The maximum atomic E-state index is 10.3. The second-order valence-electron chi connectivity index (χ2n) is 3.59. The van der Waals surface area contributed by atoms with Gasteiger partial charge < -0.3 is 19.1 Å². The molecule has 0 heterocycles. The van der Waals surface area contributed by atoms with Gasteiger partial charge in [0, 0.05) is 19.5 Å². The molecule has 4 heteroatoms. The molecule has 84 valence electrons. The molecule has 0 aliphatic rings. The third kappa shape index (κ3) is 4.58. The number of carbonyl (C=O) groups is 1. The van der Waals surface area contributed by atoms with Crippen LogP contribution >= 0.6 is 0 Å². The Morgan fingerprint density at radius 1 is 1.36 bits per heavy atom. The summed E-state index contributed by atoms with van der Waals surface area (Å²) in [5.41, 5.74) is 0. The van der Waals surface area contributed by atoms with Crippen LogP contribution in [0.5, 0.6) is 0 Å². The number of carbonyl (C=O) groups excluding carboxylic acids is 1. The number of methoxy groups -OCH3 is 1. The fraction of sp³-hybridized carbons (Fsp3) is 0.900. The zero-order chi connectivity index (χ0) is 11.0. The highest BCUT2D eigenvalue weighted by Crippen LogP contribution is 2.08. The molecule has 0 spiro atoms. The van der Waals surface area contributed by atoms with E-state index >= 15 is 0 Å². The van der Waals surface area contributed by atoms with Crippen molar-refractivity contribution in [3.8, 4) is 0 Å². The predicted molar refractivity (Wildman–Crippen MR) is 52.3 cm³/mol. The van der Waals surface area contributed by atoms with E-state index in [9.17, 15) is 9.90 Å². The average molecular weight is 203 g/mol. The molecule has 0 atom stereocenters. The predicted octanol–water partition coefficient (Wildman–Crippen LogP) is -0.0230. The standard InChI is InChI=1S/C10H21NO3/c1-4-11(5-2,9-14-3)8-6-7-10(12)13/h4-9H2,1-3H3. The van der Waals surface area contributed by atoms with Crippen LogP contribution in [0.15, 0.2) is 0 Å². The summed E-state index contributed by atoms with van der Waals surface area (Å²) in [7, 11) is 1.68. The van der Waals surface area contributed by atoms with Crippen molar-refractivity contribution in [3.05, 3.63) is 0 Å². The lowest BCUT2D eigenvalue weighted by Gasteiger charge is -2.35. The number of aliphatic carboxylic acids is 1. The monoisotopic (exact) mass is 203 g/mol. The summed E-state index contributed by atoms with van der Waals surface area (Å²) in [6, 6.07) is 0. The second kappa shape index (κ2) is 6.79. The zero-order valence-electron chi connectivity index (χ0n) is 9.41. The molecule has 0 aliphatic heterocycles. The molecule has 0 amide bonds. The molecule has 0 rings (SSSR count). The van der Waals surface area contributed by atoms with E-state index in [1.165, 1.54) is 0 Å². The minimum Gasteiger partial charge on any atom is -0.550 e. The number of quaternary nitrogens is 1. The first-order valence-corrected chi connectivity index (χ1v) is 5.14. The molecule has 0 bridgehead atoms. The van der Waals surface area contributed by atoms with Gasteiger partial charge in [0.25, 0.3) is 0 Å². The van der Waals surface area contributed by atoms with Gasteiger partial charge in [0.05, 0.1) is 19.6 Å². The number of hydrogen-bond donors (Lipinski definition) is 0. The van der Waals surface area contributed by atoms with Gasteiger partial charge in [0.2, 0.25) is 0 Å². The summed E-state index contributed by atoms with van der Waals surface area (Å²) in [6.45, 7) is 7.63. The van der Waals surface area contributed by atoms with E-state index in [1.54, 1.807) is 7.11 Å². The van der Waals surface area contributed by atoms with Crippen molar-refractivity contribution in [2.24, 2.45) is 0 Å². The van der Waals surface area contributed by atoms with Crippen molar-refractivity contribution in [2.75, 3.05) is 33.5 Å². The minimum absolute atomic E-state index is 0.143. The summed E-state index contributed by atoms with van der Waals surface area (Å²) < 4.78 is 5.98. The summed E-state index contributed by atoms with van der Waals surface area (Å²) in [6.07, 6.45) is 0.803. The maximum Gasteiger partial charge on any atom is 0.182 e. The van der Waals surface area contributed by atoms with Crippen LogP contribution in [0.25, 0.3) is 0 Å². The number of carboxylic acid groups (broad SMARTS) is 1. The van der Waals surface area contributed by atoms with Crippen LogP contribution in [-0.2, 0) is 9.53 Å². The third-order valence-corrected chi connectivity index (χ3v) is 2.76. The molecule has 0 aromatic heterocycles. The number of nitrogens with zero attached hydrogens (tertiary/aromatic N) is 1. The smallest absolute Gasteiger partial charge is 0.182 e. The minimum atomic E-state index is -0.965. The van der Waals surface area contributed by atoms with E-state index in [-0.39, 0.29) is 6.42 Å². The normalized spacial score (nSPS) is 11.6. The van der Waals surface area contributed by atoms with Crippen LogP contribution < -0.4 is 5.11 Å². The number of rotatable bonds is 8. The van der Waals surface area contributed by atoms with E-state index in [2.05, 4.69) is 13.8 Å². The summed E-state index contributed by atoms with van der Waals surface area (Å²) >= 11 is 0. The van der Waals surface area contributed by atoms with Crippen molar-refractivity contribution in [1.29, 1.82) is 0 Å². The Morgan fingerprint density at radius 2 is 1.93 bits per heavy atom. The highest BCUT2D eigenvalue weighted by molar-refractivity contribution is 5.64.